The molecule has 0 radical (unpaired) electrons. The van der Waals surface area contributed by atoms with Crippen molar-refractivity contribution in [2.75, 3.05) is 0 Å². The summed E-state index contributed by atoms with van der Waals surface area (Å²) in [7, 11) is 0. The number of carbonyl (C=O) groups is 1. The third-order valence-electron chi connectivity index (χ3n) is 3.51. The third kappa shape index (κ3) is 2.83. The summed E-state index contributed by atoms with van der Waals surface area (Å²) < 4.78 is 18.0. The Morgan fingerprint density at radius 3 is 2.68 bits per heavy atom. The van der Waals surface area contributed by atoms with Crippen LogP contribution in [0.1, 0.15) is 24.2 Å². The van der Waals surface area contributed by atoms with Crippen molar-refractivity contribution in [3.63, 3.8) is 0 Å². The van der Waals surface area contributed by atoms with Crippen LogP contribution in [-0.2, 0) is 11.3 Å². The first-order chi connectivity index (χ1) is 10.6. The zero-order valence-electron chi connectivity index (χ0n) is 11.8. The number of ketones is 1. The number of hydrogen-bond donors (Lipinski definition) is 1. The Hall–Kier alpha value is -2.69. The first-order valence-corrected chi connectivity index (χ1v) is 6.93. The van der Waals surface area contributed by atoms with Gasteiger partial charge in [-0.25, -0.2) is 4.39 Å². The van der Waals surface area contributed by atoms with Gasteiger partial charge in [0.2, 0.25) is 0 Å². The van der Waals surface area contributed by atoms with Gasteiger partial charge in [0.1, 0.15) is 5.82 Å². The molecule has 0 saturated heterocycles. The lowest BCUT2D eigenvalue weighted by molar-refractivity contribution is -0.114. The standard InChI is InChI=1S/C17H14FNO3/c18-12-5-3-11(4-6-12)10-19-13-7-8-14(20)16(13)17(21)15-2-1-9-22-15/h1-6,9,21H,7-8,10H2/b17-16+,19-13?. The molecule has 1 heterocycles. The second-order valence-electron chi connectivity index (χ2n) is 5.01. The van der Waals surface area contributed by atoms with Crippen molar-refractivity contribution in [1.82, 2.24) is 0 Å². The van der Waals surface area contributed by atoms with Crippen LogP contribution in [0, 0.1) is 5.82 Å². The highest BCUT2D eigenvalue weighted by Gasteiger charge is 2.29. The highest BCUT2D eigenvalue weighted by Crippen LogP contribution is 2.27. The van der Waals surface area contributed by atoms with E-state index in [0.717, 1.165) is 5.56 Å². The van der Waals surface area contributed by atoms with Crippen LogP contribution in [0.25, 0.3) is 5.76 Å². The quantitative estimate of drug-likeness (QED) is 0.694. The molecule has 0 unspecified atom stereocenters. The van der Waals surface area contributed by atoms with Gasteiger partial charge in [-0.15, -0.1) is 0 Å². The third-order valence-corrected chi connectivity index (χ3v) is 3.51. The Bertz CT molecular complexity index is 743. The first kappa shape index (κ1) is 14.3. The van der Waals surface area contributed by atoms with Gasteiger partial charge in [-0.2, -0.15) is 0 Å². The Labute approximate surface area is 126 Å². The largest absolute Gasteiger partial charge is 0.504 e. The van der Waals surface area contributed by atoms with Gasteiger partial charge in [-0.05, 0) is 36.2 Å². The maximum Gasteiger partial charge on any atom is 0.171 e. The molecule has 0 spiro atoms. The number of halogens is 1. The van der Waals surface area contributed by atoms with E-state index < -0.39 is 0 Å². The molecule has 0 aliphatic heterocycles. The Kier molecular flexibility index (Phi) is 3.87. The van der Waals surface area contributed by atoms with E-state index in [1.54, 1.807) is 24.3 Å². The molecule has 2 aromatic rings. The number of Topliss-reactive ketones (excluding diaryl/α,β-unsaturated/α-hetero) is 1. The lowest BCUT2D eigenvalue weighted by Gasteiger charge is -2.03. The van der Waals surface area contributed by atoms with E-state index >= 15 is 0 Å². The summed E-state index contributed by atoms with van der Waals surface area (Å²) in [5.74, 6) is -0.375. The highest BCUT2D eigenvalue weighted by atomic mass is 19.1. The minimum atomic E-state index is -0.302. The number of aliphatic hydroxyl groups excluding tert-OH is 1. The molecular weight excluding hydrogens is 285 g/mol. The van der Waals surface area contributed by atoms with Crippen molar-refractivity contribution < 1.29 is 18.7 Å². The van der Waals surface area contributed by atoms with Crippen LogP contribution in [0.4, 0.5) is 4.39 Å². The predicted octanol–water partition coefficient (Wildman–Crippen LogP) is 3.69. The van der Waals surface area contributed by atoms with E-state index in [2.05, 4.69) is 4.99 Å². The molecule has 1 aliphatic carbocycles. The Morgan fingerprint density at radius 1 is 1.23 bits per heavy atom. The molecule has 1 saturated carbocycles. The van der Waals surface area contributed by atoms with Gasteiger partial charge >= 0.3 is 0 Å². The molecule has 1 N–H and O–H groups in total. The first-order valence-electron chi connectivity index (χ1n) is 6.93. The van der Waals surface area contributed by atoms with E-state index in [4.69, 9.17) is 4.42 Å². The fourth-order valence-corrected chi connectivity index (χ4v) is 2.38. The van der Waals surface area contributed by atoms with Crippen molar-refractivity contribution in [2.24, 2.45) is 4.99 Å². The zero-order chi connectivity index (χ0) is 15.5. The minimum Gasteiger partial charge on any atom is -0.504 e. The van der Waals surface area contributed by atoms with E-state index in [1.165, 1.54) is 18.4 Å². The molecule has 1 fully saturated rings. The van der Waals surface area contributed by atoms with Crippen molar-refractivity contribution in [2.45, 2.75) is 19.4 Å². The van der Waals surface area contributed by atoms with Crippen LogP contribution in [0.5, 0.6) is 0 Å². The molecule has 1 aromatic carbocycles. The molecule has 0 atom stereocenters. The monoisotopic (exact) mass is 299 g/mol. The van der Waals surface area contributed by atoms with Crippen molar-refractivity contribution in [3.05, 3.63) is 65.4 Å². The average molecular weight is 299 g/mol. The zero-order valence-corrected chi connectivity index (χ0v) is 11.8. The molecule has 0 bridgehead atoms. The Balaban J connectivity index is 1.89. The predicted molar refractivity (Wildman–Crippen MR) is 80.0 cm³/mol. The summed E-state index contributed by atoms with van der Waals surface area (Å²) in [5.41, 5.74) is 1.62. The summed E-state index contributed by atoms with van der Waals surface area (Å²) in [5, 5.41) is 10.2. The van der Waals surface area contributed by atoms with Crippen LogP contribution in [0.2, 0.25) is 0 Å². The summed E-state index contributed by atoms with van der Waals surface area (Å²) >= 11 is 0. The van der Waals surface area contributed by atoms with E-state index in [0.29, 0.717) is 25.1 Å². The lowest BCUT2D eigenvalue weighted by atomic mass is 10.1. The number of carbonyl (C=O) groups excluding carboxylic acids is 1. The van der Waals surface area contributed by atoms with Gasteiger partial charge in [0.05, 0.1) is 24.1 Å². The highest BCUT2D eigenvalue weighted by molar-refractivity contribution is 6.30. The second-order valence-corrected chi connectivity index (χ2v) is 5.01. The lowest BCUT2D eigenvalue weighted by Crippen LogP contribution is -2.05. The number of furan rings is 1. The molecule has 112 valence electrons. The molecule has 0 amide bonds. The number of nitrogens with zero attached hydrogens (tertiary/aromatic N) is 1. The van der Waals surface area contributed by atoms with Gasteiger partial charge < -0.3 is 9.52 Å². The van der Waals surface area contributed by atoms with Gasteiger partial charge in [-0.3, -0.25) is 9.79 Å². The molecule has 1 aromatic heterocycles. The normalized spacial score (nSPS) is 19.0. The molecule has 22 heavy (non-hydrogen) atoms. The van der Waals surface area contributed by atoms with E-state index in [9.17, 15) is 14.3 Å². The van der Waals surface area contributed by atoms with Gasteiger partial charge in [-0.1, -0.05) is 12.1 Å². The van der Waals surface area contributed by atoms with E-state index in [1.807, 2.05) is 0 Å². The molecule has 4 nitrogen and oxygen atoms in total. The van der Waals surface area contributed by atoms with Crippen LogP contribution in [-0.4, -0.2) is 16.6 Å². The fraction of sp³-hybridized carbons (Fsp3) is 0.176. The average Bonchev–Trinajstić information content (AvgIpc) is 3.16. The summed E-state index contributed by atoms with van der Waals surface area (Å²) in [4.78, 5) is 16.4. The fourth-order valence-electron chi connectivity index (χ4n) is 2.38. The van der Waals surface area contributed by atoms with Crippen LogP contribution in [0.3, 0.4) is 0 Å². The maximum atomic E-state index is 12.9. The number of rotatable bonds is 3. The van der Waals surface area contributed by atoms with Crippen LogP contribution >= 0.6 is 0 Å². The summed E-state index contributed by atoms with van der Waals surface area (Å²) in [6.45, 7) is 0.331. The van der Waals surface area contributed by atoms with Gasteiger partial charge in [0.15, 0.2) is 17.3 Å². The molecular formula is C17H14FNO3. The molecule has 5 heteroatoms. The van der Waals surface area contributed by atoms with Crippen LogP contribution in [0.15, 0.2) is 57.6 Å². The van der Waals surface area contributed by atoms with Crippen molar-refractivity contribution >= 4 is 17.3 Å². The molecule has 1 aliphatic rings. The topological polar surface area (TPSA) is 62.8 Å². The summed E-state index contributed by atoms with van der Waals surface area (Å²) in [6.07, 6.45) is 2.24. The number of benzene rings is 1. The summed E-state index contributed by atoms with van der Waals surface area (Å²) in [6, 6.07) is 9.25. The van der Waals surface area contributed by atoms with Gasteiger partial charge in [0, 0.05) is 6.42 Å². The van der Waals surface area contributed by atoms with Crippen molar-refractivity contribution in [3.8, 4) is 0 Å². The Morgan fingerprint density at radius 2 is 2.00 bits per heavy atom. The smallest absolute Gasteiger partial charge is 0.171 e. The second kappa shape index (κ2) is 5.97. The SMILES string of the molecule is O=C1CCC(=NCc2ccc(F)cc2)/C1=C(\O)c1ccco1. The van der Waals surface area contributed by atoms with Crippen molar-refractivity contribution in [1.29, 1.82) is 0 Å². The maximum absolute atomic E-state index is 12.9. The van der Waals surface area contributed by atoms with Gasteiger partial charge in [0.25, 0.3) is 0 Å². The van der Waals surface area contributed by atoms with E-state index in [-0.39, 0.29) is 28.7 Å². The number of hydrogen-bond acceptors (Lipinski definition) is 4. The number of allylic oxidation sites excluding steroid dienone is 1. The minimum absolute atomic E-state index is 0.147. The number of aliphatic hydroxyl groups is 1. The molecule has 3 rings (SSSR count). The van der Waals surface area contributed by atoms with Crippen LogP contribution < -0.4 is 0 Å². The number of aliphatic imine (C=N–C) groups is 1.